The van der Waals surface area contributed by atoms with Crippen molar-refractivity contribution in [3.05, 3.63) is 95.6 Å². The standard InChI is InChI=1S/C20H19FN2O2S/c1-16-7-6-8-17(13-16)14-23(15-18-9-4-5-12-22-18)26(24,25)20-11-3-2-10-19(20)21/h2-13H,14-15H2,1H3. The molecule has 0 aliphatic rings. The molecule has 0 radical (unpaired) electrons. The molecule has 0 bridgehead atoms. The number of benzene rings is 2. The third-order valence-electron chi connectivity index (χ3n) is 3.96. The van der Waals surface area contributed by atoms with Crippen LogP contribution in [0, 0.1) is 12.7 Å². The highest BCUT2D eigenvalue weighted by molar-refractivity contribution is 7.89. The number of pyridine rings is 1. The Morgan fingerprint density at radius 1 is 0.962 bits per heavy atom. The molecular formula is C20H19FN2O2S. The lowest BCUT2D eigenvalue weighted by molar-refractivity contribution is 0.393. The average molecular weight is 370 g/mol. The Kier molecular flexibility index (Phi) is 5.44. The first-order valence-electron chi connectivity index (χ1n) is 8.17. The second kappa shape index (κ2) is 7.76. The summed E-state index contributed by atoms with van der Waals surface area (Å²) in [6.45, 7) is 2.14. The van der Waals surface area contributed by atoms with Crippen LogP contribution < -0.4 is 0 Å². The van der Waals surface area contributed by atoms with E-state index >= 15 is 0 Å². The van der Waals surface area contributed by atoms with Crippen molar-refractivity contribution in [2.24, 2.45) is 0 Å². The van der Waals surface area contributed by atoms with Crippen LogP contribution in [0.5, 0.6) is 0 Å². The minimum Gasteiger partial charge on any atom is -0.260 e. The number of hydrogen-bond acceptors (Lipinski definition) is 3. The smallest absolute Gasteiger partial charge is 0.246 e. The van der Waals surface area contributed by atoms with Crippen LogP contribution in [0.4, 0.5) is 4.39 Å². The van der Waals surface area contributed by atoms with Gasteiger partial charge in [0.25, 0.3) is 0 Å². The van der Waals surface area contributed by atoms with Gasteiger partial charge in [-0.1, -0.05) is 48.0 Å². The van der Waals surface area contributed by atoms with Crippen molar-refractivity contribution in [1.29, 1.82) is 0 Å². The van der Waals surface area contributed by atoms with Crippen LogP contribution in [-0.4, -0.2) is 17.7 Å². The second-order valence-corrected chi connectivity index (χ2v) is 7.92. The first kappa shape index (κ1) is 18.2. The number of rotatable bonds is 6. The number of sulfonamides is 1. The number of hydrogen-bond donors (Lipinski definition) is 0. The molecule has 0 saturated carbocycles. The van der Waals surface area contributed by atoms with Crippen LogP contribution >= 0.6 is 0 Å². The summed E-state index contributed by atoms with van der Waals surface area (Å²) < 4.78 is 41.6. The minimum absolute atomic E-state index is 0.0610. The molecule has 0 amide bonds. The Morgan fingerprint density at radius 3 is 2.42 bits per heavy atom. The van der Waals surface area contributed by atoms with E-state index in [1.807, 2.05) is 31.2 Å². The largest absolute Gasteiger partial charge is 0.260 e. The van der Waals surface area contributed by atoms with Gasteiger partial charge in [-0.3, -0.25) is 4.98 Å². The molecule has 134 valence electrons. The number of nitrogens with zero attached hydrogens (tertiary/aromatic N) is 2. The normalized spacial score (nSPS) is 11.7. The maximum Gasteiger partial charge on any atom is 0.246 e. The molecular weight excluding hydrogens is 351 g/mol. The lowest BCUT2D eigenvalue weighted by Crippen LogP contribution is -2.31. The van der Waals surface area contributed by atoms with E-state index in [9.17, 15) is 12.8 Å². The van der Waals surface area contributed by atoms with Crippen molar-refractivity contribution < 1.29 is 12.8 Å². The molecule has 2 aromatic carbocycles. The Bertz CT molecular complexity index is 991. The van der Waals surface area contributed by atoms with Gasteiger partial charge in [0.2, 0.25) is 10.0 Å². The fraction of sp³-hybridized carbons (Fsp3) is 0.150. The second-order valence-electron chi connectivity index (χ2n) is 6.01. The van der Waals surface area contributed by atoms with Crippen molar-refractivity contribution >= 4 is 10.0 Å². The van der Waals surface area contributed by atoms with Crippen molar-refractivity contribution in [3.8, 4) is 0 Å². The highest BCUT2D eigenvalue weighted by Gasteiger charge is 2.28. The van der Waals surface area contributed by atoms with Gasteiger partial charge in [-0.15, -0.1) is 0 Å². The van der Waals surface area contributed by atoms with E-state index in [1.165, 1.54) is 22.5 Å². The zero-order valence-electron chi connectivity index (χ0n) is 14.3. The van der Waals surface area contributed by atoms with Gasteiger partial charge in [0, 0.05) is 12.7 Å². The summed E-state index contributed by atoms with van der Waals surface area (Å²) >= 11 is 0. The zero-order valence-corrected chi connectivity index (χ0v) is 15.2. The van der Waals surface area contributed by atoms with Crippen LogP contribution in [0.1, 0.15) is 16.8 Å². The monoisotopic (exact) mass is 370 g/mol. The molecule has 0 unspecified atom stereocenters. The first-order chi connectivity index (χ1) is 12.5. The molecule has 1 heterocycles. The number of aryl methyl sites for hydroxylation is 1. The summed E-state index contributed by atoms with van der Waals surface area (Å²) in [6, 6.07) is 18.3. The molecule has 0 fully saturated rings. The molecule has 1 aromatic heterocycles. The highest BCUT2D eigenvalue weighted by Crippen LogP contribution is 2.23. The van der Waals surface area contributed by atoms with Crippen molar-refractivity contribution in [2.75, 3.05) is 0 Å². The lowest BCUT2D eigenvalue weighted by Gasteiger charge is -2.22. The van der Waals surface area contributed by atoms with Crippen LogP contribution in [-0.2, 0) is 23.1 Å². The fourth-order valence-corrected chi connectivity index (χ4v) is 4.17. The molecule has 0 atom stereocenters. The predicted octanol–water partition coefficient (Wildman–Crippen LogP) is 3.92. The first-order valence-corrected chi connectivity index (χ1v) is 9.61. The molecule has 0 saturated heterocycles. The highest BCUT2D eigenvalue weighted by atomic mass is 32.2. The number of aromatic nitrogens is 1. The molecule has 0 aliphatic heterocycles. The van der Waals surface area contributed by atoms with Crippen LogP contribution in [0.15, 0.2) is 77.8 Å². The summed E-state index contributed by atoms with van der Waals surface area (Å²) in [5.74, 6) is -0.761. The van der Waals surface area contributed by atoms with E-state index in [1.54, 1.807) is 24.4 Å². The quantitative estimate of drug-likeness (QED) is 0.661. The van der Waals surface area contributed by atoms with Gasteiger partial charge in [0.1, 0.15) is 10.7 Å². The molecule has 6 heteroatoms. The van der Waals surface area contributed by atoms with Crippen molar-refractivity contribution in [3.63, 3.8) is 0 Å². The predicted molar refractivity (Wildman–Crippen MR) is 98.2 cm³/mol. The topological polar surface area (TPSA) is 50.3 Å². The molecule has 4 nitrogen and oxygen atoms in total. The molecule has 0 aliphatic carbocycles. The lowest BCUT2D eigenvalue weighted by atomic mass is 10.1. The van der Waals surface area contributed by atoms with Crippen LogP contribution in [0.3, 0.4) is 0 Å². The van der Waals surface area contributed by atoms with Gasteiger partial charge in [-0.25, -0.2) is 12.8 Å². The van der Waals surface area contributed by atoms with Crippen LogP contribution in [0.2, 0.25) is 0 Å². The summed E-state index contributed by atoms with van der Waals surface area (Å²) in [7, 11) is -4.02. The zero-order chi connectivity index (χ0) is 18.6. The average Bonchev–Trinajstić information content (AvgIpc) is 2.62. The van der Waals surface area contributed by atoms with Gasteiger partial charge in [-0.2, -0.15) is 4.31 Å². The molecule has 26 heavy (non-hydrogen) atoms. The molecule has 3 aromatic rings. The van der Waals surface area contributed by atoms with Gasteiger partial charge in [0.05, 0.1) is 12.2 Å². The van der Waals surface area contributed by atoms with Gasteiger partial charge in [-0.05, 0) is 36.8 Å². The Morgan fingerprint density at radius 2 is 1.73 bits per heavy atom. The third kappa shape index (κ3) is 4.15. The Balaban J connectivity index is 2.00. The van der Waals surface area contributed by atoms with Gasteiger partial charge in [0.15, 0.2) is 0 Å². The summed E-state index contributed by atoms with van der Waals surface area (Å²) in [5.41, 5.74) is 2.46. The van der Waals surface area contributed by atoms with Gasteiger partial charge >= 0.3 is 0 Å². The van der Waals surface area contributed by atoms with E-state index < -0.39 is 15.8 Å². The molecule has 0 N–H and O–H groups in total. The third-order valence-corrected chi connectivity index (χ3v) is 5.79. The van der Waals surface area contributed by atoms with Crippen LogP contribution in [0.25, 0.3) is 0 Å². The van der Waals surface area contributed by atoms with E-state index in [0.717, 1.165) is 17.2 Å². The maximum atomic E-state index is 14.2. The van der Waals surface area contributed by atoms with E-state index in [4.69, 9.17) is 0 Å². The minimum atomic E-state index is -4.02. The van der Waals surface area contributed by atoms with Gasteiger partial charge < -0.3 is 0 Å². The fourth-order valence-electron chi connectivity index (χ4n) is 2.71. The van der Waals surface area contributed by atoms with Crippen molar-refractivity contribution in [2.45, 2.75) is 24.9 Å². The maximum absolute atomic E-state index is 14.2. The molecule has 3 rings (SSSR count). The van der Waals surface area contributed by atoms with Crippen molar-refractivity contribution in [1.82, 2.24) is 9.29 Å². The summed E-state index contributed by atoms with van der Waals surface area (Å²) in [5, 5.41) is 0. The summed E-state index contributed by atoms with van der Waals surface area (Å²) in [4.78, 5) is 3.88. The van der Waals surface area contributed by atoms with E-state index in [2.05, 4.69) is 4.98 Å². The Hall–Kier alpha value is -2.57. The van der Waals surface area contributed by atoms with E-state index in [0.29, 0.717) is 5.69 Å². The van der Waals surface area contributed by atoms with E-state index in [-0.39, 0.29) is 18.0 Å². The Labute approximate surface area is 153 Å². The number of halogens is 1. The summed E-state index contributed by atoms with van der Waals surface area (Å²) in [6.07, 6.45) is 1.61. The SMILES string of the molecule is Cc1cccc(CN(Cc2ccccn2)S(=O)(=O)c2ccccc2F)c1. The molecule has 0 spiro atoms.